The van der Waals surface area contributed by atoms with Crippen molar-refractivity contribution in [3.8, 4) is 0 Å². The molecule has 0 aliphatic carbocycles. The molecule has 1 amide bonds. The Labute approximate surface area is 152 Å². The number of thioether (sulfide) groups is 1. The van der Waals surface area contributed by atoms with E-state index in [1.54, 1.807) is 44.1 Å². The summed E-state index contributed by atoms with van der Waals surface area (Å²) >= 11 is 1.66. The van der Waals surface area contributed by atoms with Gasteiger partial charge in [-0.05, 0) is 30.0 Å². The maximum Gasteiger partial charge on any atom is 0.331 e. The van der Waals surface area contributed by atoms with Gasteiger partial charge in [-0.1, -0.05) is 42.5 Å². The van der Waals surface area contributed by atoms with Crippen LogP contribution in [0.1, 0.15) is 17.2 Å². The van der Waals surface area contributed by atoms with Crippen LogP contribution in [0.5, 0.6) is 0 Å². The minimum Gasteiger partial charge on any atom is -0.444 e. The summed E-state index contributed by atoms with van der Waals surface area (Å²) in [6.07, 6.45) is 4.07. The minimum atomic E-state index is -0.952. The van der Waals surface area contributed by atoms with E-state index in [4.69, 9.17) is 4.74 Å². The van der Waals surface area contributed by atoms with Gasteiger partial charge >= 0.3 is 5.97 Å². The van der Waals surface area contributed by atoms with Gasteiger partial charge < -0.3 is 9.64 Å². The first-order valence-electron chi connectivity index (χ1n) is 7.80. The minimum absolute atomic E-state index is 0.280. The number of ether oxygens (including phenoxy) is 1. The zero-order valence-electron chi connectivity index (χ0n) is 14.5. The third-order valence-corrected chi connectivity index (χ3v) is 4.27. The van der Waals surface area contributed by atoms with Crippen molar-refractivity contribution in [2.24, 2.45) is 0 Å². The number of likely N-dealkylation sites (N-methyl/N-ethyl adjacent to an activating group) is 1. The Morgan fingerprint density at radius 2 is 1.68 bits per heavy atom. The molecule has 4 nitrogen and oxygen atoms in total. The zero-order chi connectivity index (χ0) is 18.2. The normalized spacial score (nSPS) is 12.0. The summed E-state index contributed by atoms with van der Waals surface area (Å²) in [4.78, 5) is 27.1. The summed E-state index contributed by atoms with van der Waals surface area (Å²) in [6.45, 7) is 0. The maximum atomic E-state index is 12.3. The number of hydrogen-bond donors (Lipinski definition) is 0. The van der Waals surface area contributed by atoms with Gasteiger partial charge in [0, 0.05) is 30.6 Å². The lowest BCUT2D eigenvalue weighted by Crippen LogP contribution is -2.30. The van der Waals surface area contributed by atoms with Gasteiger partial charge in [0.15, 0.2) is 0 Å². The monoisotopic (exact) mass is 355 g/mol. The first kappa shape index (κ1) is 18.8. The number of amides is 1. The zero-order valence-corrected chi connectivity index (χ0v) is 15.3. The number of hydrogen-bond acceptors (Lipinski definition) is 4. The van der Waals surface area contributed by atoms with Gasteiger partial charge in [-0.15, -0.1) is 11.8 Å². The van der Waals surface area contributed by atoms with Crippen LogP contribution in [0.15, 0.2) is 65.6 Å². The van der Waals surface area contributed by atoms with E-state index < -0.39 is 12.1 Å². The van der Waals surface area contributed by atoms with Crippen molar-refractivity contribution in [1.29, 1.82) is 0 Å². The number of esters is 1. The van der Waals surface area contributed by atoms with E-state index in [0.717, 1.165) is 10.5 Å². The molecule has 1 atom stereocenters. The van der Waals surface area contributed by atoms with Crippen molar-refractivity contribution in [2.75, 3.05) is 20.4 Å². The Bertz CT molecular complexity index is 739. The van der Waals surface area contributed by atoms with Crippen LogP contribution in [0, 0.1) is 0 Å². The van der Waals surface area contributed by atoms with Gasteiger partial charge in [0.05, 0.1) is 0 Å². The van der Waals surface area contributed by atoms with Gasteiger partial charge in [0.25, 0.3) is 5.91 Å². The van der Waals surface area contributed by atoms with E-state index in [9.17, 15) is 9.59 Å². The molecule has 130 valence electrons. The first-order valence-corrected chi connectivity index (χ1v) is 9.02. The van der Waals surface area contributed by atoms with Gasteiger partial charge in [-0.3, -0.25) is 4.79 Å². The summed E-state index contributed by atoms with van der Waals surface area (Å²) in [5, 5.41) is 0. The molecule has 0 fully saturated rings. The predicted molar refractivity (Wildman–Crippen MR) is 101 cm³/mol. The Morgan fingerprint density at radius 3 is 2.24 bits per heavy atom. The Kier molecular flexibility index (Phi) is 6.83. The van der Waals surface area contributed by atoms with Crippen LogP contribution in [0.4, 0.5) is 0 Å². The van der Waals surface area contributed by atoms with E-state index in [1.807, 2.05) is 48.7 Å². The van der Waals surface area contributed by atoms with Crippen molar-refractivity contribution in [1.82, 2.24) is 4.90 Å². The lowest BCUT2D eigenvalue weighted by molar-refractivity contribution is -0.155. The van der Waals surface area contributed by atoms with Gasteiger partial charge in [0.1, 0.15) is 0 Å². The van der Waals surface area contributed by atoms with E-state index in [0.29, 0.717) is 5.56 Å². The average Bonchev–Trinajstić information content (AvgIpc) is 2.65. The van der Waals surface area contributed by atoms with E-state index in [1.165, 1.54) is 11.0 Å². The van der Waals surface area contributed by atoms with Gasteiger partial charge in [-0.2, -0.15) is 0 Å². The van der Waals surface area contributed by atoms with Crippen molar-refractivity contribution in [2.45, 2.75) is 11.0 Å². The molecule has 2 aromatic carbocycles. The number of carbonyl (C=O) groups excluding carboxylic acids is 2. The number of rotatable bonds is 6. The number of benzene rings is 2. The summed E-state index contributed by atoms with van der Waals surface area (Å²) < 4.78 is 5.41. The highest BCUT2D eigenvalue weighted by Gasteiger charge is 2.25. The molecule has 0 unspecified atom stereocenters. The molecule has 5 heteroatoms. The predicted octanol–water partition coefficient (Wildman–Crippen LogP) is 3.79. The van der Waals surface area contributed by atoms with Crippen LogP contribution in [0.3, 0.4) is 0 Å². The number of nitrogens with zero attached hydrogens (tertiary/aromatic N) is 1. The van der Waals surface area contributed by atoms with E-state index in [2.05, 4.69) is 0 Å². The van der Waals surface area contributed by atoms with Gasteiger partial charge in [-0.25, -0.2) is 4.79 Å². The molecule has 0 spiro atoms. The van der Waals surface area contributed by atoms with E-state index in [-0.39, 0.29) is 5.91 Å². The van der Waals surface area contributed by atoms with Crippen LogP contribution in [-0.4, -0.2) is 37.1 Å². The van der Waals surface area contributed by atoms with Crippen LogP contribution in [-0.2, 0) is 14.3 Å². The second-order valence-corrected chi connectivity index (χ2v) is 6.45. The third-order valence-electron chi connectivity index (χ3n) is 3.53. The Morgan fingerprint density at radius 1 is 1.04 bits per heavy atom. The highest BCUT2D eigenvalue weighted by molar-refractivity contribution is 7.98. The fourth-order valence-corrected chi connectivity index (χ4v) is 2.57. The first-order chi connectivity index (χ1) is 12.0. The SMILES string of the molecule is CSc1ccc(/C=C/C(=O)O[C@H](C(=O)N(C)C)c2ccccc2)cc1. The molecule has 0 saturated heterocycles. The fourth-order valence-electron chi connectivity index (χ4n) is 2.16. The highest BCUT2D eigenvalue weighted by Crippen LogP contribution is 2.20. The van der Waals surface area contributed by atoms with Crippen molar-refractivity contribution < 1.29 is 14.3 Å². The second-order valence-electron chi connectivity index (χ2n) is 5.57. The smallest absolute Gasteiger partial charge is 0.331 e. The molecule has 0 aromatic heterocycles. The molecule has 0 saturated carbocycles. The molecular weight excluding hydrogens is 334 g/mol. The lowest BCUT2D eigenvalue weighted by Gasteiger charge is -2.20. The summed E-state index contributed by atoms with van der Waals surface area (Å²) in [7, 11) is 3.27. The molecule has 0 radical (unpaired) electrons. The van der Waals surface area contributed by atoms with E-state index >= 15 is 0 Å². The molecule has 0 aliphatic heterocycles. The second kappa shape index (κ2) is 9.08. The molecule has 0 aliphatic rings. The third kappa shape index (κ3) is 5.50. The van der Waals surface area contributed by atoms with Crippen molar-refractivity contribution in [3.05, 3.63) is 71.8 Å². The van der Waals surface area contributed by atoms with Crippen molar-refractivity contribution in [3.63, 3.8) is 0 Å². The van der Waals surface area contributed by atoms with Gasteiger partial charge in [0.2, 0.25) is 6.10 Å². The van der Waals surface area contributed by atoms with Crippen LogP contribution < -0.4 is 0 Å². The quantitative estimate of drug-likeness (QED) is 0.449. The Balaban J connectivity index is 2.10. The summed E-state index contributed by atoms with van der Waals surface area (Å²) in [5.74, 6) is -0.838. The lowest BCUT2D eigenvalue weighted by atomic mass is 10.1. The number of carbonyl (C=O) groups is 2. The molecule has 2 rings (SSSR count). The molecule has 0 N–H and O–H groups in total. The molecule has 0 bridgehead atoms. The average molecular weight is 355 g/mol. The van der Waals surface area contributed by atoms with Crippen molar-refractivity contribution >= 4 is 29.7 Å². The summed E-state index contributed by atoms with van der Waals surface area (Å²) in [6, 6.07) is 16.8. The van der Waals surface area contributed by atoms with Crippen LogP contribution >= 0.6 is 11.8 Å². The summed E-state index contributed by atoms with van der Waals surface area (Å²) in [5.41, 5.74) is 1.54. The molecule has 25 heavy (non-hydrogen) atoms. The molecular formula is C20H21NO3S. The van der Waals surface area contributed by atoms with Crippen LogP contribution in [0.25, 0.3) is 6.08 Å². The maximum absolute atomic E-state index is 12.3. The molecule has 0 heterocycles. The highest BCUT2D eigenvalue weighted by atomic mass is 32.2. The van der Waals surface area contributed by atoms with Crippen LogP contribution in [0.2, 0.25) is 0 Å². The topological polar surface area (TPSA) is 46.6 Å². The Hall–Kier alpha value is -2.53. The standard InChI is InChI=1S/C20H21NO3S/c1-21(2)20(23)19(16-7-5-4-6-8-16)24-18(22)14-11-15-9-12-17(25-3)13-10-15/h4-14,19H,1-3H3/b14-11+/t19-/m0/s1. The largest absolute Gasteiger partial charge is 0.444 e. The fraction of sp³-hybridized carbons (Fsp3) is 0.200. The molecule has 2 aromatic rings.